The van der Waals surface area contributed by atoms with E-state index in [1.165, 1.54) is 0 Å². The lowest BCUT2D eigenvalue weighted by Crippen LogP contribution is -2.32. The third kappa shape index (κ3) is 3.10. The Morgan fingerprint density at radius 1 is 1.04 bits per heavy atom. The first-order valence-electron chi connectivity index (χ1n) is 9.07. The Kier molecular flexibility index (Phi) is 4.02. The topological polar surface area (TPSA) is 78.4 Å². The normalized spacial score (nSPS) is 20.7. The van der Waals surface area contributed by atoms with E-state index >= 15 is 0 Å². The van der Waals surface area contributed by atoms with Crippen LogP contribution in [-0.4, -0.2) is 16.9 Å². The molecule has 4 rings (SSSR count). The smallest absolute Gasteiger partial charge is 0.336 e. The number of carboxylic acid groups (broad SMARTS) is 1. The number of rotatable bonds is 2. The van der Waals surface area contributed by atoms with Gasteiger partial charge in [0.2, 0.25) is 0 Å². The van der Waals surface area contributed by atoms with E-state index in [0.717, 1.165) is 23.5 Å². The SMILES string of the molecule is CC1(C)CC(=O)C2=C(C1)Nc1ccccc1N[C@H]2c1ccccc1C(=O)O. The molecule has 0 unspecified atom stereocenters. The van der Waals surface area contributed by atoms with Crippen LogP contribution in [0.1, 0.15) is 48.7 Å². The van der Waals surface area contributed by atoms with Crippen LogP contribution in [0.4, 0.5) is 11.4 Å². The molecule has 0 amide bonds. The Labute approximate surface area is 158 Å². The summed E-state index contributed by atoms with van der Waals surface area (Å²) in [5.74, 6) is -0.942. The summed E-state index contributed by atoms with van der Waals surface area (Å²) in [7, 11) is 0. The maximum absolute atomic E-state index is 13.1. The minimum Gasteiger partial charge on any atom is -0.478 e. The fraction of sp³-hybridized carbons (Fsp3) is 0.273. The van der Waals surface area contributed by atoms with Gasteiger partial charge in [-0.05, 0) is 35.6 Å². The van der Waals surface area contributed by atoms with Crippen molar-refractivity contribution in [1.82, 2.24) is 0 Å². The van der Waals surface area contributed by atoms with Crippen molar-refractivity contribution in [1.29, 1.82) is 0 Å². The van der Waals surface area contributed by atoms with Crippen LogP contribution >= 0.6 is 0 Å². The summed E-state index contributed by atoms with van der Waals surface area (Å²) >= 11 is 0. The van der Waals surface area contributed by atoms with Gasteiger partial charge >= 0.3 is 5.97 Å². The summed E-state index contributed by atoms with van der Waals surface area (Å²) < 4.78 is 0. The summed E-state index contributed by atoms with van der Waals surface area (Å²) in [5.41, 5.74) is 3.92. The van der Waals surface area contributed by atoms with Crippen LogP contribution in [0.2, 0.25) is 0 Å². The number of hydrogen-bond acceptors (Lipinski definition) is 4. The number of carboxylic acids is 1. The van der Waals surface area contributed by atoms with Gasteiger partial charge < -0.3 is 15.7 Å². The molecule has 0 bridgehead atoms. The number of anilines is 2. The number of benzene rings is 2. The van der Waals surface area contributed by atoms with Gasteiger partial charge in [-0.2, -0.15) is 0 Å². The summed E-state index contributed by atoms with van der Waals surface area (Å²) in [6.07, 6.45) is 1.17. The second kappa shape index (κ2) is 6.27. The quantitative estimate of drug-likeness (QED) is 0.727. The number of carbonyl (C=O) groups is 2. The highest BCUT2D eigenvalue weighted by molar-refractivity contribution is 6.02. The van der Waals surface area contributed by atoms with Crippen LogP contribution in [0.5, 0.6) is 0 Å². The summed E-state index contributed by atoms with van der Waals surface area (Å²) in [6.45, 7) is 4.17. The second-order valence-electron chi connectivity index (χ2n) is 7.97. The van der Waals surface area contributed by atoms with Crippen LogP contribution in [0, 0.1) is 5.41 Å². The second-order valence-corrected chi connectivity index (χ2v) is 7.97. The van der Waals surface area contributed by atoms with Crippen LogP contribution in [0.25, 0.3) is 0 Å². The number of nitrogens with one attached hydrogen (secondary N) is 2. The van der Waals surface area contributed by atoms with Gasteiger partial charge in [-0.3, -0.25) is 4.79 Å². The minimum absolute atomic E-state index is 0.0549. The molecule has 0 radical (unpaired) electrons. The number of ketones is 1. The van der Waals surface area contributed by atoms with Gasteiger partial charge in [0.1, 0.15) is 0 Å². The van der Waals surface area contributed by atoms with E-state index in [9.17, 15) is 14.7 Å². The number of carbonyl (C=O) groups excluding carboxylic acids is 1. The molecule has 1 heterocycles. The Hall–Kier alpha value is -3.08. The zero-order valence-corrected chi connectivity index (χ0v) is 15.4. The maximum atomic E-state index is 13.1. The van der Waals surface area contributed by atoms with E-state index in [1.54, 1.807) is 18.2 Å². The average molecular weight is 362 g/mol. The molecule has 0 saturated heterocycles. The monoisotopic (exact) mass is 362 g/mol. The molecule has 2 aromatic carbocycles. The maximum Gasteiger partial charge on any atom is 0.336 e. The average Bonchev–Trinajstić information content (AvgIpc) is 2.76. The lowest BCUT2D eigenvalue weighted by atomic mass is 9.73. The van der Waals surface area contributed by atoms with Gasteiger partial charge in [0.25, 0.3) is 0 Å². The molecule has 0 saturated carbocycles. The van der Waals surface area contributed by atoms with E-state index in [0.29, 0.717) is 17.6 Å². The first-order valence-corrected chi connectivity index (χ1v) is 9.07. The molecule has 5 heteroatoms. The largest absolute Gasteiger partial charge is 0.478 e. The molecule has 2 aliphatic rings. The third-order valence-corrected chi connectivity index (χ3v) is 5.22. The van der Waals surface area contributed by atoms with Crippen molar-refractivity contribution in [3.05, 3.63) is 70.9 Å². The molecular weight excluding hydrogens is 340 g/mol. The van der Waals surface area contributed by atoms with E-state index in [2.05, 4.69) is 24.5 Å². The van der Waals surface area contributed by atoms with E-state index in [4.69, 9.17) is 0 Å². The zero-order valence-electron chi connectivity index (χ0n) is 15.4. The lowest BCUT2D eigenvalue weighted by Gasteiger charge is -2.34. The first-order chi connectivity index (χ1) is 12.9. The molecule has 1 aliphatic heterocycles. The predicted octanol–water partition coefficient (Wildman–Crippen LogP) is 4.61. The molecule has 1 aliphatic carbocycles. The van der Waals surface area contributed by atoms with Gasteiger partial charge in [0, 0.05) is 17.7 Å². The zero-order chi connectivity index (χ0) is 19.2. The van der Waals surface area contributed by atoms with Gasteiger partial charge in [-0.15, -0.1) is 0 Å². The van der Waals surface area contributed by atoms with Crippen molar-refractivity contribution in [2.45, 2.75) is 32.7 Å². The number of Topliss-reactive ketones (excluding diaryl/α,β-unsaturated/α-hetero) is 1. The Morgan fingerprint density at radius 2 is 1.70 bits per heavy atom. The Balaban J connectivity index is 1.94. The van der Waals surface area contributed by atoms with Gasteiger partial charge in [0.15, 0.2) is 5.78 Å². The molecule has 0 spiro atoms. The van der Waals surface area contributed by atoms with E-state index in [-0.39, 0.29) is 16.8 Å². The fourth-order valence-corrected chi connectivity index (χ4v) is 4.07. The number of fused-ring (bicyclic) bond motifs is 1. The van der Waals surface area contributed by atoms with Crippen LogP contribution in [0.15, 0.2) is 59.8 Å². The summed E-state index contributed by atoms with van der Waals surface area (Å²) in [5, 5.41) is 16.5. The highest BCUT2D eigenvalue weighted by atomic mass is 16.4. The lowest BCUT2D eigenvalue weighted by molar-refractivity contribution is -0.118. The van der Waals surface area contributed by atoms with Gasteiger partial charge in [0.05, 0.1) is 23.0 Å². The van der Waals surface area contributed by atoms with E-state index in [1.807, 2.05) is 30.3 Å². The molecule has 5 nitrogen and oxygen atoms in total. The Bertz CT molecular complexity index is 975. The van der Waals surface area contributed by atoms with Gasteiger partial charge in [-0.25, -0.2) is 4.79 Å². The number of hydrogen-bond donors (Lipinski definition) is 3. The van der Waals surface area contributed by atoms with E-state index < -0.39 is 12.0 Å². The van der Waals surface area contributed by atoms with Crippen LogP contribution in [0.3, 0.4) is 0 Å². The summed E-state index contributed by atoms with van der Waals surface area (Å²) in [4.78, 5) is 24.9. The van der Waals surface area contributed by atoms with Crippen molar-refractivity contribution in [3.8, 4) is 0 Å². The highest BCUT2D eigenvalue weighted by Gasteiger charge is 2.39. The van der Waals surface area contributed by atoms with Crippen molar-refractivity contribution in [2.75, 3.05) is 10.6 Å². The minimum atomic E-state index is -0.997. The van der Waals surface area contributed by atoms with Crippen molar-refractivity contribution < 1.29 is 14.7 Å². The molecule has 138 valence electrons. The fourth-order valence-electron chi connectivity index (χ4n) is 4.07. The molecule has 0 fully saturated rings. The molecule has 2 aromatic rings. The molecule has 1 atom stereocenters. The van der Waals surface area contributed by atoms with Crippen molar-refractivity contribution in [3.63, 3.8) is 0 Å². The number of para-hydroxylation sites is 2. The van der Waals surface area contributed by atoms with Crippen molar-refractivity contribution >= 4 is 23.1 Å². The van der Waals surface area contributed by atoms with Crippen molar-refractivity contribution in [2.24, 2.45) is 5.41 Å². The number of allylic oxidation sites excluding steroid dienone is 1. The molecule has 0 aromatic heterocycles. The molecule has 27 heavy (non-hydrogen) atoms. The van der Waals surface area contributed by atoms with Crippen LogP contribution < -0.4 is 10.6 Å². The standard InChI is InChI=1S/C22H22N2O3/c1-22(2)11-17-19(18(25)12-22)20(13-7-3-4-8-14(13)21(26)27)24-16-10-6-5-9-15(16)23-17/h3-10,20,23-24H,11-12H2,1-2H3,(H,26,27)/t20-/m0/s1. The van der Waals surface area contributed by atoms with Crippen LogP contribution in [-0.2, 0) is 4.79 Å². The third-order valence-electron chi connectivity index (χ3n) is 5.22. The predicted molar refractivity (Wildman–Crippen MR) is 105 cm³/mol. The molecular formula is C22H22N2O3. The first kappa shape index (κ1) is 17.3. The highest BCUT2D eigenvalue weighted by Crippen LogP contribution is 2.45. The number of aromatic carboxylic acids is 1. The molecule has 3 N–H and O–H groups in total. The summed E-state index contributed by atoms with van der Waals surface area (Å²) in [6, 6.07) is 14.1. The van der Waals surface area contributed by atoms with Gasteiger partial charge in [-0.1, -0.05) is 44.2 Å². The Morgan fingerprint density at radius 3 is 2.44 bits per heavy atom.